The van der Waals surface area contributed by atoms with E-state index >= 15 is 0 Å². The van der Waals surface area contributed by atoms with Crippen molar-refractivity contribution in [2.45, 2.75) is 6.42 Å². The Morgan fingerprint density at radius 1 is 1.53 bits per heavy atom. The van der Waals surface area contributed by atoms with Gasteiger partial charge in [-0.25, -0.2) is 0 Å². The number of benzene rings is 1. The lowest BCUT2D eigenvalue weighted by Gasteiger charge is -1.96. The smallest absolute Gasteiger partial charge is 0.152 e. The van der Waals surface area contributed by atoms with Gasteiger partial charge in [0.05, 0.1) is 11.3 Å². The number of halogens is 1. The van der Waals surface area contributed by atoms with E-state index in [0.717, 1.165) is 10.9 Å². The monoisotopic (exact) mass is 224 g/mol. The first-order valence-corrected chi connectivity index (χ1v) is 4.71. The summed E-state index contributed by atoms with van der Waals surface area (Å²) >= 11 is 5.94. The van der Waals surface area contributed by atoms with Crippen LogP contribution in [0.25, 0.3) is 11.0 Å². The zero-order valence-electron chi connectivity index (χ0n) is 7.77. The van der Waals surface area contributed by atoms with Crippen molar-refractivity contribution in [1.29, 1.82) is 0 Å². The molecule has 0 unspecified atom stereocenters. The molecule has 0 atom stereocenters. The Bertz CT molecular complexity index is 519. The maximum absolute atomic E-state index is 8.47. The van der Waals surface area contributed by atoms with E-state index < -0.39 is 0 Å². The molecular weight excluding hydrogens is 216 g/mol. The van der Waals surface area contributed by atoms with Crippen LogP contribution in [0.1, 0.15) is 5.56 Å². The normalized spacial score (nSPS) is 12.2. The third-order valence-corrected chi connectivity index (χ3v) is 2.43. The van der Waals surface area contributed by atoms with E-state index in [9.17, 15) is 0 Å². The summed E-state index contributed by atoms with van der Waals surface area (Å²) in [6.45, 7) is 0. The molecule has 78 valence electrons. The Morgan fingerprint density at radius 3 is 3.07 bits per heavy atom. The van der Waals surface area contributed by atoms with Crippen molar-refractivity contribution in [3.05, 3.63) is 35.0 Å². The molecule has 3 N–H and O–H groups in total. The molecule has 0 bridgehead atoms. The highest BCUT2D eigenvalue weighted by Gasteiger charge is 2.09. The number of para-hydroxylation sites is 1. The minimum Gasteiger partial charge on any atom is -0.462 e. The van der Waals surface area contributed by atoms with E-state index in [1.165, 1.54) is 0 Å². The molecule has 0 amide bonds. The lowest BCUT2D eigenvalue weighted by molar-refractivity contribution is 0.317. The Labute approximate surface area is 90.9 Å². The number of fused-ring (bicyclic) bond motifs is 1. The van der Waals surface area contributed by atoms with Crippen molar-refractivity contribution in [3.8, 4) is 0 Å². The highest BCUT2D eigenvalue weighted by atomic mass is 35.5. The number of hydrogen-bond acceptors (Lipinski definition) is 3. The molecule has 15 heavy (non-hydrogen) atoms. The van der Waals surface area contributed by atoms with Gasteiger partial charge in [-0.3, -0.25) is 0 Å². The van der Waals surface area contributed by atoms with E-state index in [1.54, 1.807) is 12.3 Å². The number of oxime groups is 1. The predicted molar refractivity (Wildman–Crippen MR) is 58.3 cm³/mol. The summed E-state index contributed by atoms with van der Waals surface area (Å²) in [5.74, 6) is 0.137. The van der Waals surface area contributed by atoms with Crippen molar-refractivity contribution >= 4 is 28.4 Å². The molecule has 5 heteroatoms. The molecule has 1 aromatic heterocycles. The fraction of sp³-hybridized carbons (Fsp3) is 0.100. The molecule has 0 aliphatic carbocycles. The van der Waals surface area contributed by atoms with Gasteiger partial charge in [-0.1, -0.05) is 28.9 Å². The van der Waals surface area contributed by atoms with Gasteiger partial charge in [-0.05, 0) is 6.07 Å². The minimum absolute atomic E-state index is 0.137. The highest BCUT2D eigenvalue weighted by molar-refractivity contribution is 6.34. The van der Waals surface area contributed by atoms with Gasteiger partial charge < -0.3 is 15.4 Å². The van der Waals surface area contributed by atoms with Crippen molar-refractivity contribution in [2.75, 3.05) is 0 Å². The number of hydrogen-bond donors (Lipinski definition) is 2. The van der Waals surface area contributed by atoms with Crippen LogP contribution in [0, 0.1) is 0 Å². The van der Waals surface area contributed by atoms with Gasteiger partial charge >= 0.3 is 0 Å². The average molecular weight is 225 g/mol. The van der Waals surface area contributed by atoms with Gasteiger partial charge in [0.25, 0.3) is 0 Å². The first-order valence-electron chi connectivity index (χ1n) is 4.33. The Kier molecular flexibility index (Phi) is 2.51. The summed E-state index contributed by atoms with van der Waals surface area (Å²) in [7, 11) is 0. The molecular formula is C10H9ClN2O2. The second-order valence-corrected chi connectivity index (χ2v) is 3.55. The predicted octanol–water partition coefficient (Wildman–Crippen LogP) is 2.38. The summed E-state index contributed by atoms with van der Waals surface area (Å²) in [4.78, 5) is 0. The zero-order valence-corrected chi connectivity index (χ0v) is 8.53. The molecule has 1 heterocycles. The maximum atomic E-state index is 8.47. The van der Waals surface area contributed by atoms with Crippen molar-refractivity contribution in [2.24, 2.45) is 10.9 Å². The van der Waals surface area contributed by atoms with Crippen molar-refractivity contribution in [3.63, 3.8) is 0 Å². The Morgan fingerprint density at radius 2 is 2.33 bits per heavy atom. The lowest BCUT2D eigenvalue weighted by Crippen LogP contribution is -2.14. The first-order chi connectivity index (χ1) is 7.22. The molecule has 0 radical (unpaired) electrons. The van der Waals surface area contributed by atoms with E-state index in [4.69, 9.17) is 27.0 Å². The van der Waals surface area contributed by atoms with Crippen LogP contribution in [-0.4, -0.2) is 11.0 Å². The van der Waals surface area contributed by atoms with Crippen LogP contribution in [0.3, 0.4) is 0 Å². The molecule has 0 saturated heterocycles. The second kappa shape index (κ2) is 3.82. The number of nitrogens with zero attached hydrogens (tertiary/aromatic N) is 1. The van der Waals surface area contributed by atoms with Gasteiger partial charge in [0, 0.05) is 17.4 Å². The molecule has 0 saturated carbocycles. The molecule has 0 aliphatic rings. The van der Waals surface area contributed by atoms with E-state index in [-0.39, 0.29) is 5.84 Å². The third kappa shape index (κ3) is 1.76. The summed E-state index contributed by atoms with van der Waals surface area (Å²) in [5, 5.41) is 12.8. The molecule has 0 fully saturated rings. The second-order valence-electron chi connectivity index (χ2n) is 3.15. The summed E-state index contributed by atoms with van der Waals surface area (Å²) < 4.78 is 5.30. The SMILES string of the molecule is N/C(Cc1coc2c(Cl)cccc12)=N/O. The van der Waals surface area contributed by atoms with Gasteiger partial charge in [0.15, 0.2) is 5.58 Å². The standard InChI is InChI=1S/C10H9ClN2O2/c11-8-3-1-2-7-6(4-9(12)13-14)5-15-10(7)8/h1-3,5,14H,4H2,(H2,12,13). The first kappa shape index (κ1) is 9.86. The van der Waals surface area contributed by atoms with Crippen LogP contribution in [0.5, 0.6) is 0 Å². The molecule has 2 rings (SSSR count). The van der Waals surface area contributed by atoms with Crippen LogP contribution in [-0.2, 0) is 6.42 Å². The average Bonchev–Trinajstić information content (AvgIpc) is 2.63. The molecule has 0 spiro atoms. The van der Waals surface area contributed by atoms with Crippen LogP contribution < -0.4 is 5.73 Å². The number of furan rings is 1. The van der Waals surface area contributed by atoms with E-state index in [0.29, 0.717) is 17.0 Å². The zero-order chi connectivity index (χ0) is 10.8. The summed E-state index contributed by atoms with van der Waals surface area (Å²) in [6, 6.07) is 5.46. The van der Waals surface area contributed by atoms with Crippen molar-refractivity contribution in [1.82, 2.24) is 0 Å². The van der Waals surface area contributed by atoms with Crippen molar-refractivity contribution < 1.29 is 9.62 Å². The van der Waals surface area contributed by atoms with Gasteiger partial charge in [-0.15, -0.1) is 0 Å². The Hall–Kier alpha value is -1.68. The van der Waals surface area contributed by atoms with E-state index in [2.05, 4.69) is 5.16 Å². The third-order valence-electron chi connectivity index (χ3n) is 2.13. The molecule has 4 nitrogen and oxygen atoms in total. The lowest BCUT2D eigenvalue weighted by atomic mass is 10.1. The maximum Gasteiger partial charge on any atom is 0.152 e. The largest absolute Gasteiger partial charge is 0.462 e. The number of amidine groups is 1. The van der Waals surface area contributed by atoms with Crippen LogP contribution in [0.4, 0.5) is 0 Å². The Balaban J connectivity index is 2.50. The molecule has 1 aromatic carbocycles. The number of rotatable bonds is 2. The van der Waals surface area contributed by atoms with Gasteiger partial charge in [0.1, 0.15) is 5.84 Å². The van der Waals surface area contributed by atoms with E-state index in [1.807, 2.05) is 12.1 Å². The highest BCUT2D eigenvalue weighted by Crippen LogP contribution is 2.27. The fourth-order valence-corrected chi connectivity index (χ4v) is 1.66. The quantitative estimate of drug-likeness (QED) is 0.356. The number of nitrogens with two attached hydrogens (primary N) is 1. The topological polar surface area (TPSA) is 71.8 Å². The van der Waals surface area contributed by atoms with Gasteiger partial charge in [-0.2, -0.15) is 0 Å². The van der Waals surface area contributed by atoms with Crippen LogP contribution >= 0.6 is 11.6 Å². The molecule has 0 aliphatic heterocycles. The summed E-state index contributed by atoms with van der Waals surface area (Å²) in [5.41, 5.74) is 6.89. The van der Waals surface area contributed by atoms with Crippen LogP contribution in [0.15, 0.2) is 34.0 Å². The molecule has 2 aromatic rings. The minimum atomic E-state index is 0.137. The summed E-state index contributed by atoms with van der Waals surface area (Å²) in [6.07, 6.45) is 1.90. The van der Waals surface area contributed by atoms with Crippen LogP contribution in [0.2, 0.25) is 5.02 Å². The fourth-order valence-electron chi connectivity index (χ4n) is 1.44. The van der Waals surface area contributed by atoms with Gasteiger partial charge in [0.2, 0.25) is 0 Å².